The number of allylic oxidation sites excluding steroid dienone is 1. The maximum absolute atomic E-state index is 12.3. The van der Waals surface area contributed by atoms with Gasteiger partial charge in [-0.15, -0.1) is 0 Å². The number of methoxy groups -OCH3 is 1. The number of hydrogen-bond donors (Lipinski definition) is 1. The number of rotatable bonds is 8. The zero-order valence-electron chi connectivity index (χ0n) is 16.6. The second kappa shape index (κ2) is 9.95. The van der Waals surface area contributed by atoms with Crippen LogP contribution in [0.3, 0.4) is 0 Å². The van der Waals surface area contributed by atoms with E-state index in [1.165, 1.54) is 5.56 Å². The molecule has 148 valence electrons. The summed E-state index contributed by atoms with van der Waals surface area (Å²) in [6.07, 6.45) is 4.91. The first kappa shape index (κ1) is 20.0. The number of hydrogen-bond acceptors (Lipinski definition) is 4. The first-order valence-corrected chi connectivity index (χ1v) is 9.67. The van der Waals surface area contributed by atoms with Crippen LogP contribution in [0.4, 0.5) is 0 Å². The Hall–Kier alpha value is -2.79. The van der Waals surface area contributed by atoms with Gasteiger partial charge in [-0.25, -0.2) is 0 Å². The van der Waals surface area contributed by atoms with Gasteiger partial charge < -0.3 is 14.8 Å². The number of nitrogens with zero attached hydrogens (tertiary/aromatic N) is 1. The molecule has 0 radical (unpaired) electrons. The maximum Gasteiger partial charge on any atom is 0.258 e. The van der Waals surface area contributed by atoms with Crippen molar-refractivity contribution in [2.75, 3.05) is 26.8 Å². The van der Waals surface area contributed by atoms with Crippen LogP contribution in [0.5, 0.6) is 11.5 Å². The van der Waals surface area contributed by atoms with Crippen molar-refractivity contribution in [3.8, 4) is 11.5 Å². The summed E-state index contributed by atoms with van der Waals surface area (Å²) in [5.74, 6) is 1.09. The van der Waals surface area contributed by atoms with Crippen molar-refractivity contribution >= 4 is 12.0 Å². The molecule has 2 aromatic rings. The lowest BCUT2D eigenvalue weighted by atomic mass is 10.2. The van der Waals surface area contributed by atoms with E-state index in [4.69, 9.17) is 9.47 Å². The van der Waals surface area contributed by atoms with E-state index in [-0.39, 0.29) is 18.6 Å². The van der Waals surface area contributed by atoms with E-state index >= 15 is 0 Å². The molecular weight excluding hydrogens is 352 g/mol. The van der Waals surface area contributed by atoms with E-state index in [9.17, 15) is 4.79 Å². The van der Waals surface area contributed by atoms with E-state index in [1.54, 1.807) is 7.11 Å². The van der Waals surface area contributed by atoms with Crippen molar-refractivity contribution in [1.29, 1.82) is 0 Å². The first-order valence-electron chi connectivity index (χ1n) is 9.67. The average molecular weight is 380 g/mol. The molecule has 1 heterocycles. The molecule has 1 aliphatic rings. The lowest BCUT2D eigenvalue weighted by molar-refractivity contribution is -0.123. The summed E-state index contributed by atoms with van der Waals surface area (Å²) in [7, 11) is 1.60. The number of nitrogens with one attached hydrogen (secondary N) is 1. The number of ether oxygens (including phenoxy) is 2. The first-order chi connectivity index (χ1) is 13.7. The van der Waals surface area contributed by atoms with E-state index in [1.807, 2.05) is 43.3 Å². The molecule has 5 nitrogen and oxygen atoms in total. The van der Waals surface area contributed by atoms with E-state index in [2.05, 4.69) is 34.5 Å². The van der Waals surface area contributed by atoms with Crippen LogP contribution in [0.2, 0.25) is 0 Å². The summed E-state index contributed by atoms with van der Waals surface area (Å²) in [4.78, 5) is 14.7. The Morgan fingerprint density at radius 3 is 2.79 bits per heavy atom. The Morgan fingerprint density at radius 1 is 1.21 bits per heavy atom. The van der Waals surface area contributed by atoms with E-state index < -0.39 is 0 Å². The molecule has 0 spiro atoms. The molecule has 0 aliphatic carbocycles. The van der Waals surface area contributed by atoms with Crippen molar-refractivity contribution in [2.24, 2.45) is 0 Å². The Balaban J connectivity index is 1.46. The SMILES string of the molecule is C/C=C/c1ccc(OCC(=O)NC2CCN(Cc3ccccc3)C2)c(OC)c1. The van der Waals surface area contributed by atoms with Crippen LogP contribution in [0.1, 0.15) is 24.5 Å². The van der Waals surface area contributed by atoms with Gasteiger partial charge in [0.1, 0.15) is 0 Å². The molecule has 0 bridgehead atoms. The molecule has 1 unspecified atom stereocenters. The number of benzene rings is 2. The smallest absolute Gasteiger partial charge is 0.258 e. The maximum atomic E-state index is 12.3. The highest BCUT2D eigenvalue weighted by Crippen LogP contribution is 2.28. The highest BCUT2D eigenvalue weighted by atomic mass is 16.5. The molecule has 2 aromatic carbocycles. The normalized spacial score (nSPS) is 17.0. The van der Waals surface area contributed by atoms with Gasteiger partial charge in [-0.1, -0.05) is 48.6 Å². The summed E-state index contributed by atoms with van der Waals surface area (Å²) in [5.41, 5.74) is 2.33. The molecule has 1 aliphatic heterocycles. The van der Waals surface area contributed by atoms with Gasteiger partial charge in [0.25, 0.3) is 5.91 Å². The molecule has 0 saturated carbocycles. The van der Waals surface area contributed by atoms with Crippen LogP contribution < -0.4 is 14.8 Å². The third-order valence-corrected chi connectivity index (χ3v) is 4.79. The van der Waals surface area contributed by atoms with Crippen molar-refractivity contribution in [3.63, 3.8) is 0 Å². The third-order valence-electron chi connectivity index (χ3n) is 4.79. The summed E-state index contributed by atoms with van der Waals surface area (Å²) in [6.45, 7) is 4.71. The summed E-state index contributed by atoms with van der Waals surface area (Å²) >= 11 is 0. The van der Waals surface area contributed by atoms with Gasteiger partial charge in [-0.3, -0.25) is 9.69 Å². The number of likely N-dealkylation sites (tertiary alicyclic amines) is 1. The molecule has 1 atom stereocenters. The minimum atomic E-state index is -0.105. The fraction of sp³-hybridized carbons (Fsp3) is 0.348. The minimum absolute atomic E-state index is 0.0193. The molecular formula is C23H28N2O3. The van der Waals surface area contributed by atoms with Gasteiger partial charge in [-0.2, -0.15) is 0 Å². The van der Waals surface area contributed by atoms with Crippen LogP contribution in [0.25, 0.3) is 6.08 Å². The quantitative estimate of drug-likeness (QED) is 0.762. The molecule has 28 heavy (non-hydrogen) atoms. The zero-order chi connectivity index (χ0) is 19.8. The summed E-state index contributed by atoms with van der Waals surface area (Å²) in [6, 6.07) is 16.2. The largest absolute Gasteiger partial charge is 0.493 e. The topological polar surface area (TPSA) is 50.8 Å². The van der Waals surface area contributed by atoms with E-state index in [0.717, 1.165) is 31.6 Å². The van der Waals surface area contributed by atoms with Crippen molar-refractivity contribution in [1.82, 2.24) is 10.2 Å². The molecule has 0 aromatic heterocycles. The highest BCUT2D eigenvalue weighted by molar-refractivity contribution is 5.78. The number of carbonyl (C=O) groups excluding carboxylic acids is 1. The number of amides is 1. The van der Waals surface area contributed by atoms with Crippen LogP contribution in [-0.4, -0.2) is 43.7 Å². The molecule has 5 heteroatoms. The lowest BCUT2D eigenvalue weighted by Gasteiger charge is -2.17. The number of carbonyl (C=O) groups is 1. The molecule has 1 amide bonds. The minimum Gasteiger partial charge on any atom is -0.493 e. The van der Waals surface area contributed by atoms with Crippen molar-refractivity contribution in [3.05, 3.63) is 65.7 Å². The summed E-state index contributed by atoms with van der Waals surface area (Å²) in [5, 5.41) is 3.08. The fourth-order valence-corrected chi connectivity index (χ4v) is 3.45. The van der Waals surface area contributed by atoms with Crippen LogP contribution in [0.15, 0.2) is 54.6 Å². The second-order valence-electron chi connectivity index (χ2n) is 6.97. The predicted molar refractivity (Wildman–Crippen MR) is 111 cm³/mol. The summed E-state index contributed by atoms with van der Waals surface area (Å²) < 4.78 is 11.1. The van der Waals surface area contributed by atoms with E-state index in [0.29, 0.717) is 11.5 Å². The van der Waals surface area contributed by atoms with Crippen LogP contribution in [0, 0.1) is 0 Å². The van der Waals surface area contributed by atoms with Gasteiger partial charge in [-0.05, 0) is 36.6 Å². The highest BCUT2D eigenvalue weighted by Gasteiger charge is 2.24. The third kappa shape index (κ3) is 5.60. The molecule has 1 N–H and O–H groups in total. The standard InChI is InChI=1S/C23H28N2O3/c1-3-7-18-10-11-21(22(14-18)27-2)28-17-23(26)24-20-12-13-25(16-20)15-19-8-5-4-6-9-19/h3-11,14,20H,12-13,15-17H2,1-2H3,(H,24,26)/b7-3+. The second-order valence-corrected chi connectivity index (χ2v) is 6.97. The Morgan fingerprint density at radius 2 is 2.04 bits per heavy atom. The van der Waals surface area contributed by atoms with Gasteiger partial charge in [0, 0.05) is 25.7 Å². The van der Waals surface area contributed by atoms with Crippen LogP contribution in [-0.2, 0) is 11.3 Å². The Labute approximate surface area is 167 Å². The van der Waals surface area contributed by atoms with Gasteiger partial charge in [0.15, 0.2) is 18.1 Å². The Kier molecular flexibility index (Phi) is 7.09. The van der Waals surface area contributed by atoms with Crippen molar-refractivity contribution in [2.45, 2.75) is 25.9 Å². The van der Waals surface area contributed by atoms with Gasteiger partial charge in [0.2, 0.25) is 0 Å². The van der Waals surface area contributed by atoms with Gasteiger partial charge in [0.05, 0.1) is 7.11 Å². The van der Waals surface area contributed by atoms with Crippen LogP contribution >= 0.6 is 0 Å². The molecule has 1 fully saturated rings. The fourth-order valence-electron chi connectivity index (χ4n) is 3.45. The molecule has 1 saturated heterocycles. The molecule has 3 rings (SSSR count). The monoisotopic (exact) mass is 380 g/mol. The van der Waals surface area contributed by atoms with Crippen molar-refractivity contribution < 1.29 is 14.3 Å². The average Bonchev–Trinajstić information content (AvgIpc) is 3.14. The zero-order valence-corrected chi connectivity index (χ0v) is 16.6. The predicted octanol–water partition coefficient (Wildman–Crippen LogP) is 3.50. The lowest BCUT2D eigenvalue weighted by Crippen LogP contribution is -2.39. The Bertz CT molecular complexity index is 805. The van der Waals surface area contributed by atoms with Gasteiger partial charge >= 0.3 is 0 Å².